The van der Waals surface area contributed by atoms with Crippen LogP contribution in [0.25, 0.3) is 10.2 Å². The second kappa shape index (κ2) is 6.02. The minimum Gasteiger partial charge on any atom is -0.314 e. The van der Waals surface area contributed by atoms with Crippen molar-refractivity contribution in [2.45, 2.75) is 45.1 Å². The molecule has 0 spiro atoms. The number of hydrogen-bond donors (Lipinski definition) is 1. The van der Waals surface area contributed by atoms with Crippen molar-refractivity contribution >= 4 is 21.6 Å². The van der Waals surface area contributed by atoms with Crippen molar-refractivity contribution in [1.29, 1.82) is 0 Å². The average Bonchev–Trinajstić information content (AvgIpc) is 2.81. The van der Waals surface area contributed by atoms with Gasteiger partial charge in [0.15, 0.2) is 0 Å². The molecule has 1 aliphatic rings. The molecule has 2 nitrogen and oxygen atoms in total. The fraction of sp³-hybridized carbons (Fsp3) is 0.562. The van der Waals surface area contributed by atoms with E-state index in [4.69, 9.17) is 0 Å². The van der Waals surface area contributed by atoms with E-state index in [9.17, 15) is 0 Å². The van der Waals surface area contributed by atoms with Crippen molar-refractivity contribution in [2.24, 2.45) is 5.92 Å². The van der Waals surface area contributed by atoms with Crippen molar-refractivity contribution in [3.63, 3.8) is 0 Å². The van der Waals surface area contributed by atoms with Crippen molar-refractivity contribution in [1.82, 2.24) is 10.3 Å². The van der Waals surface area contributed by atoms with Crippen LogP contribution < -0.4 is 5.32 Å². The highest BCUT2D eigenvalue weighted by Crippen LogP contribution is 2.24. The van der Waals surface area contributed by atoms with E-state index in [0.29, 0.717) is 0 Å². The van der Waals surface area contributed by atoms with E-state index in [-0.39, 0.29) is 0 Å². The molecule has 1 fully saturated rings. The second-order valence-corrected chi connectivity index (χ2v) is 6.86. The Morgan fingerprint density at radius 1 is 1.32 bits per heavy atom. The SMILES string of the molecule is CC1CCCC(NCCc2nc3ccccc3s2)C1. The molecule has 1 N–H and O–H groups in total. The first-order valence-electron chi connectivity index (χ1n) is 7.39. The van der Waals surface area contributed by atoms with Gasteiger partial charge in [0.05, 0.1) is 15.2 Å². The Bertz CT molecular complexity index is 501. The van der Waals surface area contributed by atoms with Crippen molar-refractivity contribution < 1.29 is 0 Å². The Labute approximate surface area is 119 Å². The van der Waals surface area contributed by atoms with Gasteiger partial charge in [-0.2, -0.15) is 0 Å². The second-order valence-electron chi connectivity index (χ2n) is 5.75. The lowest BCUT2D eigenvalue weighted by Crippen LogP contribution is -2.34. The molecule has 1 saturated carbocycles. The van der Waals surface area contributed by atoms with E-state index in [0.717, 1.165) is 30.4 Å². The maximum atomic E-state index is 4.69. The molecular formula is C16H22N2S. The molecule has 2 atom stereocenters. The molecule has 19 heavy (non-hydrogen) atoms. The Morgan fingerprint density at radius 2 is 2.21 bits per heavy atom. The molecule has 1 heterocycles. The summed E-state index contributed by atoms with van der Waals surface area (Å²) in [6.07, 6.45) is 6.56. The smallest absolute Gasteiger partial charge is 0.0951 e. The Morgan fingerprint density at radius 3 is 3.05 bits per heavy atom. The lowest BCUT2D eigenvalue weighted by atomic mass is 9.87. The third kappa shape index (κ3) is 3.34. The number of aromatic nitrogens is 1. The Hall–Kier alpha value is -0.930. The zero-order chi connectivity index (χ0) is 13.1. The predicted octanol–water partition coefficient (Wildman–Crippen LogP) is 4.01. The molecule has 2 unspecified atom stereocenters. The molecule has 1 aliphatic carbocycles. The maximum absolute atomic E-state index is 4.69. The molecular weight excluding hydrogens is 252 g/mol. The van der Waals surface area contributed by atoms with Crippen LogP contribution in [0.1, 0.15) is 37.6 Å². The number of fused-ring (bicyclic) bond motifs is 1. The highest BCUT2D eigenvalue weighted by atomic mass is 32.1. The van der Waals surface area contributed by atoms with Crippen LogP contribution in [0.2, 0.25) is 0 Å². The summed E-state index contributed by atoms with van der Waals surface area (Å²) in [5, 5.41) is 4.97. The first-order chi connectivity index (χ1) is 9.31. The van der Waals surface area contributed by atoms with Crippen LogP contribution in [0.3, 0.4) is 0 Å². The molecule has 102 valence electrons. The molecule has 3 rings (SSSR count). The number of nitrogens with zero attached hydrogens (tertiary/aromatic N) is 1. The summed E-state index contributed by atoms with van der Waals surface area (Å²) < 4.78 is 1.31. The standard InChI is InChI=1S/C16H22N2S/c1-12-5-4-6-13(11-12)17-10-9-16-18-14-7-2-3-8-15(14)19-16/h2-3,7-8,12-13,17H,4-6,9-11H2,1H3. The number of para-hydroxylation sites is 1. The van der Waals surface area contributed by atoms with Crippen LogP contribution in [0.5, 0.6) is 0 Å². The van der Waals surface area contributed by atoms with E-state index in [1.54, 1.807) is 0 Å². The molecule has 0 saturated heterocycles. The third-order valence-electron chi connectivity index (χ3n) is 4.05. The van der Waals surface area contributed by atoms with E-state index >= 15 is 0 Å². The summed E-state index contributed by atoms with van der Waals surface area (Å²) in [4.78, 5) is 4.69. The minimum absolute atomic E-state index is 0.734. The monoisotopic (exact) mass is 274 g/mol. The van der Waals surface area contributed by atoms with Gasteiger partial charge in [0.2, 0.25) is 0 Å². The molecule has 0 amide bonds. The number of benzene rings is 1. The lowest BCUT2D eigenvalue weighted by molar-refractivity contribution is 0.303. The number of thiazole rings is 1. The summed E-state index contributed by atoms with van der Waals surface area (Å²) in [5.41, 5.74) is 1.15. The van der Waals surface area contributed by atoms with Gasteiger partial charge in [-0.05, 0) is 30.9 Å². The quantitative estimate of drug-likeness (QED) is 0.911. The van der Waals surface area contributed by atoms with Crippen molar-refractivity contribution in [3.05, 3.63) is 29.3 Å². The van der Waals surface area contributed by atoms with E-state index < -0.39 is 0 Å². The van der Waals surface area contributed by atoms with Crippen LogP contribution in [0, 0.1) is 5.92 Å². The fourth-order valence-corrected chi connectivity index (χ4v) is 4.00. The van der Waals surface area contributed by atoms with Crippen molar-refractivity contribution in [3.8, 4) is 0 Å². The summed E-state index contributed by atoms with van der Waals surface area (Å²) in [6.45, 7) is 3.44. The van der Waals surface area contributed by atoms with E-state index in [2.05, 4.69) is 41.5 Å². The van der Waals surface area contributed by atoms with Crippen molar-refractivity contribution in [2.75, 3.05) is 6.54 Å². The zero-order valence-electron chi connectivity index (χ0n) is 11.6. The van der Waals surface area contributed by atoms with E-state index in [1.165, 1.54) is 35.4 Å². The zero-order valence-corrected chi connectivity index (χ0v) is 12.4. The minimum atomic E-state index is 0.734. The lowest BCUT2D eigenvalue weighted by Gasteiger charge is -2.27. The molecule has 0 radical (unpaired) electrons. The number of nitrogens with one attached hydrogen (secondary N) is 1. The Balaban J connectivity index is 1.51. The summed E-state index contributed by atoms with van der Waals surface area (Å²) in [7, 11) is 0. The maximum Gasteiger partial charge on any atom is 0.0951 e. The van der Waals surface area contributed by atoms with Crippen LogP contribution >= 0.6 is 11.3 Å². The topological polar surface area (TPSA) is 24.9 Å². The first kappa shape index (κ1) is 13.1. The number of rotatable bonds is 4. The normalized spacial score (nSPS) is 23.8. The van der Waals surface area contributed by atoms with Gasteiger partial charge >= 0.3 is 0 Å². The molecule has 0 bridgehead atoms. The Kier molecular flexibility index (Phi) is 4.14. The number of hydrogen-bond acceptors (Lipinski definition) is 3. The predicted molar refractivity (Wildman–Crippen MR) is 82.7 cm³/mol. The summed E-state index contributed by atoms with van der Waals surface area (Å²) in [6, 6.07) is 9.15. The van der Waals surface area contributed by atoms with Crippen LogP contribution in [-0.2, 0) is 6.42 Å². The highest BCUT2D eigenvalue weighted by Gasteiger charge is 2.17. The van der Waals surface area contributed by atoms with Gasteiger partial charge in [-0.3, -0.25) is 0 Å². The van der Waals surface area contributed by atoms with Gasteiger partial charge in [-0.25, -0.2) is 4.98 Å². The molecule has 3 heteroatoms. The first-order valence-corrected chi connectivity index (χ1v) is 8.21. The van der Waals surface area contributed by atoms with Gasteiger partial charge in [0, 0.05) is 19.0 Å². The summed E-state index contributed by atoms with van der Waals surface area (Å²) in [5.74, 6) is 0.897. The highest BCUT2D eigenvalue weighted by molar-refractivity contribution is 7.18. The van der Waals surface area contributed by atoms with Gasteiger partial charge < -0.3 is 5.32 Å². The van der Waals surface area contributed by atoms with Crippen LogP contribution in [0.4, 0.5) is 0 Å². The molecule has 1 aromatic heterocycles. The van der Waals surface area contributed by atoms with Crippen LogP contribution in [-0.4, -0.2) is 17.6 Å². The van der Waals surface area contributed by atoms with Gasteiger partial charge in [-0.1, -0.05) is 31.9 Å². The van der Waals surface area contributed by atoms with Gasteiger partial charge in [0.25, 0.3) is 0 Å². The van der Waals surface area contributed by atoms with Gasteiger partial charge in [0.1, 0.15) is 0 Å². The molecule has 2 aromatic rings. The average molecular weight is 274 g/mol. The third-order valence-corrected chi connectivity index (χ3v) is 5.14. The fourth-order valence-electron chi connectivity index (χ4n) is 3.03. The van der Waals surface area contributed by atoms with Crippen LogP contribution in [0.15, 0.2) is 24.3 Å². The molecule has 1 aromatic carbocycles. The summed E-state index contributed by atoms with van der Waals surface area (Å²) >= 11 is 1.83. The van der Waals surface area contributed by atoms with Gasteiger partial charge in [-0.15, -0.1) is 11.3 Å². The largest absolute Gasteiger partial charge is 0.314 e. The van der Waals surface area contributed by atoms with E-state index in [1.807, 2.05) is 11.3 Å². The molecule has 0 aliphatic heterocycles.